The van der Waals surface area contributed by atoms with Gasteiger partial charge in [0.05, 0.1) is 4.90 Å². The average molecular weight is 285 g/mol. The normalized spacial score (nSPS) is 11.5. The topological polar surface area (TPSA) is 34.1 Å². The van der Waals surface area contributed by atoms with Crippen molar-refractivity contribution in [3.05, 3.63) is 53.8 Å². The van der Waals surface area contributed by atoms with Crippen LogP contribution in [-0.4, -0.2) is 8.42 Å². The van der Waals surface area contributed by atoms with Crippen LogP contribution < -0.4 is 0 Å². The molecule has 0 aliphatic heterocycles. The van der Waals surface area contributed by atoms with E-state index in [9.17, 15) is 12.8 Å². The summed E-state index contributed by atoms with van der Waals surface area (Å²) in [4.78, 5) is 0.0734. The minimum absolute atomic E-state index is 0.0734. The summed E-state index contributed by atoms with van der Waals surface area (Å²) in [5, 5.41) is 0. The Morgan fingerprint density at radius 2 is 1.72 bits per heavy atom. The zero-order chi connectivity index (χ0) is 13.3. The summed E-state index contributed by atoms with van der Waals surface area (Å²) in [6.45, 7) is 1.65. The molecule has 0 unspecified atom stereocenters. The average Bonchev–Trinajstić information content (AvgIpc) is 2.27. The first-order chi connectivity index (χ1) is 8.38. The van der Waals surface area contributed by atoms with Crippen molar-refractivity contribution in [1.82, 2.24) is 0 Å². The smallest absolute Gasteiger partial charge is 0.207 e. The number of halogens is 2. The van der Waals surface area contributed by atoms with Crippen LogP contribution in [0.3, 0.4) is 0 Å². The van der Waals surface area contributed by atoms with E-state index in [4.69, 9.17) is 10.7 Å². The summed E-state index contributed by atoms with van der Waals surface area (Å²) in [6.07, 6.45) is 0. The summed E-state index contributed by atoms with van der Waals surface area (Å²) in [5.74, 6) is -0.334. The van der Waals surface area contributed by atoms with Gasteiger partial charge in [0.15, 0.2) is 0 Å². The molecular formula is C13H10ClFO2S. The van der Waals surface area contributed by atoms with Gasteiger partial charge in [-0.15, -0.1) is 0 Å². The molecule has 0 aliphatic carbocycles. The van der Waals surface area contributed by atoms with Gasteiger partial charge >= 0.3 is 0 Å². The van der Waals surface area contributed by atoms with E-state index in [1.165, 1.54) is 18.2 Å². The molecule has 2 rings (SSSR count). The van der Waals surface area contributed by atoms with Crippen molar-refractivity contribution in [2.24, 2.45) is 0 Å². The van der Waals surface area contributed by atoms with Crippen LogP contribution in [0.1, 0.15) is 5.56 Å². The molecule has 0 spiro atoms. The van der Waals surface area contributed by atoms with Gasteiger partial charge in [-0.3, -0.25) is 0 Å². The monoisotopic (exact) mass is 284 g/mol. The number of hydrogen-bond donors (Lipinski definition) is 0. The Balaban J connectivity index is 2.53. The van der Waals surface area contributed by atoms with Crippen LogP contribution in [0.15, 0.2) is 47.4 Å². The lowest BCUT2D eigenvalue weighted by Crippen LogP contribution is -1.94. The maximum Gasteiger partial charge on any atom is 0.261 e. The van der Waals surface area contributed by atoms with Crippen LogP contribution in [0.5, 0.6) is 0 Å². The molecule has 0 saturated heterocycles. The molecule has 0 amide bonds. The highest BCUT2D eigenvalue weighted by atomic mass is 35.7. The van der Waals surface area contributed by atoms with Crippen LogP contribution in [-0.2, 0) is 9.05 Å². The molecule has 0 saturated carbocycles. The first-order valence-corrected chi connectivity index (χ1v) is 7.50. The van der Waals surface area contributed by atoms with E-state index in [-0.39, 0.29) is 10.7 Å². The van der Waals surface area contributed by atoms with Gasteiger partial charge in [-0.05, 0) is 41.8 Å². The first kappa shape index (κ1) is 13.1. The van der Waals surface area contributed by atoms with E-state index in [1.54, 1.807) is 31.2 Å². The molecule has 5 heteroatoms. The highest BCUT2D eigenvalue weighted by Crippen LogP contribution is 2.26. The Labute approximate surface area is 109 Å². The van der Waals surface area contributed by atoms with Gasteiger partial charge in [0, 0.05) is 10.7 Å². The minimum atomic E-state index is -3.74. The van der Waals surface area contributed by atoms with Gasteiger partial charge in [-0.25, -0.2) is 12.8 Å². The zero-order valence-electron chi connectivity index (χ0n) is 9.52. The van der Waals surface area contributed by atoms with E-state index in [2.05, 4.69) is 0 Å². The van der Waals surface area contributed by atoms with Gasteiger partial charge in [0.2, 0.25) is 0 Å². The lowest BCUT2D eigenvalue weighted by Gasteiger charge is -2.06. The van der Waals surface area contributed by atoms with Crippen LogP contribution in [0.4, 0.5) is 4.39 Å². The van der Waals surface area contributed by atoms with Gasteiger partial charge in [-0.1, -0.05) is 24.3 Å². The largest absolute Gasteiger partial charge is 0.261 e. The van der Waals surface area contributed by atoms with Crippen LogP contribution in [0.25, 0.3) is 11.1 Å². The minimum Gasteiger partial charge on any atom is -0.207 e. The molecule has 0 fully saturated rings. The third-order valence-electron chi connectivity index (χ3n) is 2.60. The van der Waals surface area contributed by atoms with Crippen molar-refractivity contribution in [1.29, 1.82) is 0 Å². The molecule has 0 radical (unpaired) electrons. The lowest BCUT2D eigenvalue weighted by atomic mass is 10.0. The summed E-state index contributed by atoms with van der Waals surface area (Å²) in [6, 6.07) is 10.8. The Hall–Kier alpha value is -1.39. The number of benzene rings is 2. The molecule has 0 heterocycles. The predicted molar refractivity (Wildman–Crippen MR) is 69.6 cm³/mol. The van der Waals surface area contributed by atoms with Crippen molar-refractivity contribution in [3.8, 4) is 11.1 Å². The highest BCUT2D eigenvalue weighted by molar-refractivity contribution is 8.13. The maximum absolute atomic E-state index is 13.1. The molecule has 94 valence electrons. The summed E-state index contributed by atoms with van der Waals surface area (Å²) >= 11 is 0. The molecule has 18 heavy (non-hydrogen) atoms. The second-order valence-corrected chi connectivity index (χ2v) is 6.46. The second kappa shape index (κ2) is 4.71. The molecule has 2 aromatic carbocycles. The zero-order valence-corrected chi connectivity index (χ0v) is 11.1. The van der Waals surface area contributed by atoms with E-state index >= 15 is 0 Å². The van der Waals surface area contributed by atoms with E-state index in [1.807, 2.05) is 0 Å². The van der Waals surface area contributed by atoms with Crippen LogP contribution >= 0.6 is 10.7 Å². The molecule has 0 N–H and O–H groups in total. The van der Waals surface area contributed by atoms with Gasteiger partial charge in [0.25, 0.3) is 9.05 Å². The van der Waals surface area contributed by atoms with E-state index in [0.29, 0.717) is 11.1 Å². The van der Waals surface area contributed by atoms with Crippen molar-refractivity contribution < 1.29 is 12.8 Å². The Morgan fingerprint density at radius 3 is 2.28 bits per heavy atom. The fourth-order valence-corrected chi connectivity index (χ4v) is 2.96. The fraction of sp³-hybridized carbons (Fsp3) is 0.0769. The highest BCUT2D eigenvalue weighted by Gasteiger charge is 2.13. The third-order valence-corrected chi connectivity index (χ3v) is 4.08. The summed E-state index contributed by atoms with van der Waals surface area (Å²) in [5.41, 5.74) is 1.97. The Bertz CT molecular complexity index is 696. The molecule has 0 aliphatic rings. The quantitative estimate of drug-likeness (QED) is 0.788. The molecule has 2 aromatic rings. The molecule has 0 bridgehead atoms. The first-order valence-electron chi connectivity index (χ1n) is 5.19. The molecule has 2 nitrogen and oxygen atoms in total. The van der Waals surface area contributed by atoms with Crippen molar-refractivity contribution in [3.63, 3.8) is 0 Å². The molecule has 0 aromatic heterocycles. The van der Waals surface area contributed by atoms with E-state index < -0.39 is 9.05 Å². The van der Waals surface area contributed by atoms with Gasteiger partial charge in [0.1, 0.15) is 5.82 Å². The summed E-state index contributed by atoms with van der Waals surface area (Å²) in [7, 11) is 1.56. The van der Waals surface area contributed by atoms with Crippen LogP contribution in [0.2, 0.25) is 0 Å². The molecule has 0 atom stereocenters. The van der Waals surface area contributed by atoms with Gasteiger partial charge in [-0.2, -0.15) is 0 Å². The predicted octanol–water partition coefficient (Wildman–Crippen LogP) is 3.73. The van der Waals surface area contributed by atoms with Crippen molar-refractivity contribution >= 4 is 19.7 Å². The maximum atomic E-state index is 13.1. The number of rotatable bonds is 2. The van der Waals surface area contributed by atoms with Gasteiger partial charge < -0.3 is 0 Å². The van der Waals surface area contributed by atoms with Crippen molar-refractivity contribution in [2.45, 2.75) is 11.8 Å². The van der Waals surface area contributed by atoms with Crippen molar-refractivity contribution in [2.75, 3.05) is 0 Å². The SMILES string of the molecule is Cc1cc(-c2cccc(F)c2)ccc1S(=O)(=O)Cl. The number of hydrogen-bond acceptors (Lipinski definition) is 2. The lowest BCUT2D eigenvalue weighted by molar-refractivity contribution is 0.609. The Morgan fingerprint density at radius 1 is 1.06 bits per heavy atom. The standard InChI is InChI=1S/C13H10ClFO2S/c1-9-7-11(5-6-13(9)18(14,16)17)10-3-2-4-12(15)8-10/h2-8H,1H3. The summed E-state index contributed by atoms with van der Waals surface area (Å²) < 4.78 is 35.6. The van der Waals surface area contributed by atoms with E-state index in [0.717, 1.165) is 5.56 Å². The molecular weight excluding hydrogens is 275 g/mol. The Kier molecular flexibility index (Phi) is 3.41. The third kappa shape index (κ3) is 2.71. The second-order valence-electron chi connectivity index (χ2n) is 3.93. The fourth-order valence-electron chi connectivity index (χ4n) is 1.77. The van der Waals surface area contributed by atoms with Crippen LogP contribution in [0, 0.1) is 12.7 Å². The number of aryl methyl sites for hydroxylation is 1.